The van der Waals surface area contributed by atoms with Crippen LogP contribution in [0.4, 0.5) is 52.5 Å². The lowest BCUT2D eigenvalue weighted by Gasteiger charge is -2.15. The van der Waals surface area contributed by atoms with E-state index >= 15 is 0 Å². The summed E-state index contributed by atoms with van der Waals surface area (Å²) in [6, 6.07) is 15.5. The molecule has 2 aromatic carbocycles. The van der Waals surface area contributed by atoms with Gasteiger partial charge in [-0.15, -0.1) is 0 Å². The van der Waals surface area contributed by atoms with E-state index in [4.69, 9.17) is 21.5 Å². The second kappa shape index (κ2) is 12.0. The Bertz CT molecular complexity index is 1480. The molecule has 4 aromatic rings. The van der Waals surface area contributed by atoms with E-state index < -0.39 is 12.1 Å². The Morgan fingerprint density at radius 3 is 2.51 bits per heavy atom. The van der Waals surface area contributed by atoms with Crippen LogP contribution in [0.3, 0.4) is 0 Å². The number of anilines is 6. The van der Waals surface area contributed by atoms with Gasteiger partial charge in [0, 0.05) is 22.4 Å². The molecule has 0 saturated carbocycles. The number of nitrogens with zero attached hydrogens (tertiary/aromatic N) is 2. The first kappa shape index (κ1) is 27.7. The molecule has 2 aromatic heterocycles. The fraction of sp³-hybridized carbons (Fsp3) is 0.120. The minimum absolute atomic E-state index is 0.280. The normalized spacial score (nSPS) is 12.1. The SMILES string of the molecule is O=C(Nc1ccsc1)Nc1ccc2cc1CCc1cccc(c1)Nc1ncc(Cl)c(n1)N2.O=C(O)C(F)(F)F. The molecule has 1 aliphatic rings. The maximum Gasteiger partial charge on any atom is 0.490 e. The number of nitrogens with one attached hydrogen (secondary N) is 4. The van der Waals surface area contributed by atoms with Crippen molar-refractivity contribution in [1.29, 1.82) is 0 Å². The minimum Gasteiger partial charge on any atom is -0.475 e. The number of fused-ring (bicyclic) bond motifs is 6. The number of halogens is 4. The number of urea groups is 1. The molecule has 0 fully saturated rings. The van der Waals surface area contributed by atoms with Gasteiger partial charge >= 0.3 is 18.2 Å². The van der Waals surface area contributed by atoms with Crippen LogP contribution in [0.2, 0.25) is 5.02 Å². The Hall–Kier alpha value is -4.36. The highest BCUT2D eigenvalue weighted by Gasteiger charge is 2.38. The van der Waals surface area contributed by atoms with E-state index in [1.165, 1.54) is 11.3 Å². The number of thiophene rings is 1. The second-order valence-corrected chi connectivity index (χ2v) is 9.29. The van der Waals surface area contributed by atoms with Crippen molar-refractivity contribution >= 4 is 69.5 Å². The monoisotopic (exact) mass is 576 g/mol. The van der Waals surface area contributed by atoms with Crippen LogP contribution in [0.25, 0.3) is 0 Å². The van der Waals surface area contributed by atoms with Crippen molar-refractivity contribution in [2.75, 3.05) is 21.3 Å². The number of benzene rings is 2. The van der Waals surface area contributed by atoms with Crippen molar-refractivity contribution in [3.8, 4) is 0 Å². The molecule has 5 rings (SSSR count). The van der Waals surface area contributed by atoms with Crippen LogP contribution in [0.5, 0.6) is 0 Å². The molecule has 202 valence electrons. The summed E-state index contributed by atoms with van der Waals surface area (Å²) in [6.45, 7) is 0. The Kier molecular flexibility index (Phi) is 8.52. The maximum atomic E-state index is 12.5. The Morgan fingerprint density at radius 1 is 1.03 bits per heavy atom. The van der Waals surface area contributed by atoms with Crippen LogP contribution in [0.15, 0.2) is 65.5 Å². The lowest BCUT2D eigenvalue weighted by molar-refractivity contribution is -0.192. The van der Waals surface area contributed by atoms with E-state index in [0.717, 1.165) is 46.7 Å². The molecule has 0 radical (unpaired) electrons. The number of carboxylic acid groups (broad SMARTS) is 1. The van der Waals surface area contributed by atoms with Crippen molar-refractivity contribution in [3.63, 3.8) is 0 Å². The molecule has 39 heavy (non-hydrogen) atoms. The first-order chi connectivity index (χ1) is 18.6. The minimum atomic E-state index is -5.08. The number of aryl methyl sites for hydroxylation is 2. The number of hydrogen-bond donors (Lipinski definition) is 5. The summed E-state index contributed by atoms with van der Waals surface area (Å²) in [4.78, 5) is 30.2. The second-order valence-electron chi connectivity index (χ2n) is 8.11. The predicted molar refractivity (Wildman–Crippen MR) is 145 cm³/mol. The highest BCUT2D eigenvalue weighted by atomic mass is 35.5. The number of carbonyl (C=O) groups excluding carboxylic acids is 1. The summed E-state index contributed by atoms with van der Waals surface area (Å²) in [5, 5.41) is 23.7. The van der Waals surface area contributed by atoms with Gasteiger partial charge in [0.2, 0.25) is 5.95 Å². The number of rotatable bonds is 2. The molecule has 0 unspecified atom stereocenters. The van der Waals surface area contributed by atoms with Gasteiger partial charge in [0.25, 0.3) is 0 Å². The summed E-state index contributed by atoms with van der Waals surface area (Å²) in [7, 11) is 0. The molecular formula is C25H20ClF3N6O3S. The van der Waals surface area contributed by atoms with E-state index in [-0.39, 0.29) is 6.03 Å². The molecule has 9 nitrogen and oxygen atoms in total. The van der Waals surface area contributed by atoms with Crippen LogP contribution < -0.4 is 21.3 Å². The van der Waals surface area contributed by atoms with Gasteiger partial charge in [0.15, 0.2) is 5.82 Å². The zero-order valence-corrected chi connectivity index (χ0v) is 21.4. The van der Waals surface area contributed by atoms with Gasteiger partial charge in [-0.3, -0.25) is 0 Å². The molecule has 1 aliphatic heterocycles. The van der Waals surface area contributed by atoms with Gasteiger partial charge in [-0.25, -0.2) is 14.6 Å². The average molecular weight is 577 g/mol. The summed E-state index contributed by atoms with van der Waals surface area (Å²) in [6.07, 6.45) is -1.97. The molecule has 0 atom stereocenters. The topological polar surface area (TPSA) is 128 Å². The summed E-state index contributed by atoms with van der Waals surface area (Å²) in [5.41, 5.74) is 5.40. The standard InChI is InChI=1S/C23H19ClN6OS.C2HF3O2/c24-19-12-25-22-27-16-3-1-2-14(10-16)4-5-15-11-17(26-21(19)30-22)6-7-20(15)29-23(31)28-18-8-9-32-13-18;3-2(4,5)1(6)7/h1-3,6-13H,4-5H2,(H2,28,29,31)(H2,25,26,27,30);(H,6,7). The molecule has 0 saturated heterocycles. The number of aliphatic carboxylic acids is 1. The largest absolute Gasteiger partial charge is 0.490 e. The number of hydrogen-bond acceptors (Lipinski definition) is 7. The number of carbonyl (C=O) groups is 2. The lowest BCUT2D eigenvalue weighted by Crippen LogP contribution is -2.21. The highest BCUT2D eigenvalue weighted by Crippen LogP contribution is 2.29. The van der Waals surface area contributed by atoms with E-state index in [2.05, 4.69) is 43.4 Å². The first-order valence-electron chi connectivity index (χ1n) is 11.3. The molecule has 0 aliphatic carbocycles. The number of amides is 2. The first-order valence-corrected chi connectivity index (χ1v) is 12.6. The molecule has 2 amide bonds. The maximum absolute atomic E-state index is 12.5. The fourth-order valence-electron chi connectivity index (χ4n) is 3.48. The summed E-state index contributed by atoms with van der Waals surface area (Å²) in [5.74, 6) is -1.80. The molecule has 14 heteroatoms. The van der Waals surface area contributed by atoms with Crippen LogP contribution in [0.1, 0.15) is 11.1 Å². The molecule has 0 spiro atoms. The van der Waals surface area contributed by atoms with Crippen molar-refractivity contribution < 1.29 is 27.9 Å². The predicted octanol–water partition coefficient (Wildman–Crippen LogP) is 7.05. The van der Waals surface area contributed by atoms with Crippen molar-refractivity contribution in [2.45, 2.75) is 19.0 Å². The lowest BCUT2D eigenvalue weighted by atomic mass is 10.0. The quantitative estimate of drug-likeness (QED) is 0.173. The van der Waals surface area contributed by atoms with Gasteiger partial charge < -0.3 is 26.4 Å². The van der Waals surface area contributed by atoms with Gasteiger partial charge in [-0.1, -0.05) is 23.7 Å². The van der Waals surface area contributed by atoms with Crippen LogP contribution in [-0.2, 0) is 17.6 Å². The number of carboxylic acids is 1. The fourth-order valence-corrected chi connectivity index (χ4v) is 4.21. The van der Waals surface area contributed by atoms with Crippen molar-refractivity contribution in [1.82, 2.24) is 9.97 Å². The zero-order chi connectivity index (χ0) is 28.0. The molecule has 3 heterocycles. The van der Waals surface area contributed by atoms with E-state index in [9.17, 15) is 18.0 Å². The smallest absolute Gasteiger partial charge is 0.475 e. The van der Waals surface area contributed by atoms with Gasteiger partial charge in [0.1, 0.15) is 5.02 Å². The van der Waals surface area contributed by atoms with E-state index in [0.29, 0.717) is 16.8 Å². The van der Waals surface area contributed by atoms with Crippen molar-refractivity contribution in [3.05, 3.63) is 81.6 Å². The Balaban J connectivity index is 0.000000448. The third-order valence-corrected chi connectivity index (χ3v) is 6.21. The van der Waals surface area contributed by atoms with Crippen LogP contribution in [-0.4, -0.2) is 33.3 Å². The molecule has 6 bridgehead atoms. The zero-order valence-electron chi connectivity index (χ0n) is 19.8. The van der Waals surface area contributed by atoms with Gasteiger partial charge in [-0.05, 0) is 65.7 Å². The third kappa shape index (κ3) is 7.82. The summed E-state index contributed by atoms with van der Waals surface area (Å²) < 4.78 is 31.7. The van der Waals surface area contributed by atoms with Gasteiger partial charge in [0.05, 0.1) is 11.9 Å². The summed E-state index contributed by atoms with van der Waals surface area (Å²) >= 11 is 7.85. The van der Waals surface area contributed by atoms with Crippen molar-refractivity contribution in [2.24, 2.45) is 0 Å². The Labute approximate surface area is 229 Å². The van der Waals surface area contributed by atoms with Crippen LogP contribution in [0, 0.1) is 0 Å². The molecule has 5 N–H and O–H groups in total. The highest BCUT2D eigenvalue weighted by molar-refractivity contribution is 7.08. The van der Waals surface area contributed by atoms with Gasteiger partial charge in [-0.2, -0.15) is 29.5 Å². The van der Waals surface area contributed by atoms with E-state index in [1.807, 2.05) is 47.2 Å². The number of alkyl halides is 3. The average Bonchev–Trinajstić information content (AvgIpc) is 3.38. The third-order valence-electron chi connectivity index (χ3n) is 5.25. The molecular weight excluding hydrogens is 557 g/mol. The van der Waals surface area contributed by atoms with Crippen LogP contribution >= 0.6 is 22.9 Å². The Morgan fingerprint density at radius 2 is 1.79 bits per heavy atom. The number of aromatic nitrogens is 2. The van der Waals surface area contributed by atoms with E-state index in [1.54, 1.807) is 6.20 Å².